The van der Waals surface area contributed by atoms with Crippen LogP contribution in [0, 0.1) is 0 Å². The van der Waals surface area contributed by atoms with Gasteiger partial charge in [-0.25, -0.2) is 0 Å². The number of rotatable bonds is 15. The van der Waals surface area contributed by atoms with Crippen LogP contribution in [0.25, 0.3) is 11.1 Å². The predicted octanol–water partition coefficient (Wildman–Crippen LogP) is 10.3. The van der Waals surface area contributed by atoms with Crippen molar-refractivity contribution in [2.45, 2.75) is 19.0 Å². The molecule has 0 bridgehead atoms. The van der Waals surface area contributed by atoms with Crippen LogP contribution < -0.4 is 34.9 Å². The van der Waals surface area contributed by atoms with Gasteiger partial charge in [0.2, 0.25) is 0 Å². The fourth-order valence-electron chi connectivity index (χ4n) is 7.20. The lowest BCUT2D eigenvalue weighted by molar-refractivity contribution is 0.112. The third kappa shape index (κ3) is 8.18. The van der Waals surface area contributed by atoms with E-state index in [-0.39, 0.29) is 0 Å². The van der Waals surface area contributed by atoms with E-state index >= 15 is 0 Å². The first-order valence-electron chi connectivity index (χ1n) is 18.3. The van der Waals surface area contributed by atoms with E-state index in [4.69, 9.17) is 18.9 Å². The van der Waals surface area contributed by atoms with Gasteiger partial charge in [0.15, 0.2) is 17.8 Å². The molecule has 0 N–H and O–H groups in total. The molecular weight excluding hydrogens is 700 g/mol. The molecule has 55 heavy (non-hydrogen) atoms. The second-order valence-electron chi connectivity index (χ2n) is 13.3. The number of aldehydes is 1. The average molecular weight is 744 g/mol. The summed E-state index contributed by atoms with van der Waals surface area (Å²) in [6.45, 7) is 0. The molecule has 0 radical (unpaired) electrons. The molecule has 0 unspecified atom stereocenters. The van der Waals surface area contributed by atoms with E-state index < -0.39 is 7.26 Å². The molecule has 5 nitrogen and oxygen atoms in total. The van der Waals surface area contributed by atoms with Crippen molar-refractivity contribution >= 4 is 29.5 Å². The van der Waals surface area contributed by atoms with E-state index in [9.17, 15) is 4.79 Å². The Hall–Kier alpha value is -6.16. The average Bonchev–Trinajstić information content (AvgIpc) is 3.26. The molecule has 7 aromatic rings. The number of ether oxygens (including phenoxy) is 4. The van der Waals surface area contributed by atoms with Gasteiger partial charge in [0.25, 0.3) is 0 Å². The highest BCUT2D eigenvalue weighted by Crippen LogP contribution is 2.58. The number of carbonyl (C=O) groups excluding carboxylic acids is 1. The van der Waals surface area contributed by atoms with Gasteiger partial charge < -0.3 is 18.9 Å². The molecule has 0 aliphatic rings. The lowest BCUT2D eigenvalue weighted by Crippen LogP contribution is -2.32. The molecule has 0 spiro atoms. The van der Waals surface area contributed by atoms with Crippen LogP contribution >= 0.6 is 7.26 Å². The number of methoxy groups -OCH3 is 3. The molecule has 0 saturated carbocycles. The smallest absolute Gasteiger partial charge is 0.169 e. The molecule has 0 saturated heterocycles. The van der Waals surface area contributed by atoms with Gasteiger partial charge in [0.05, 0.1) is 27.5 Å². The number of hydrogen-bond donors (Lipinski definition) is 0. The van der Waals surface area contributed by atoms with E-state index in [0.717, 1.165) is 53.3 Å². The zero-order valence-electron chi connectivity index (χ0n) is 31.4. The van der Waals surface area contributed by atoms with Gasteiger partial charge in [-0.2, -0.15) is 0 Å². The van der Waals surface area contributed by atoms with Crippen molar-refractivity contribution in [1.82, 2.24) is 0 Å². The van der Waals surface area contributed by atoms with Gasteiger partial charge in [0, 0.05) is 11.1 Å². The Bertz CT molecular complexity index is 2250. The molecule has 0 aromatic heterocycles. The molecule has 0 aliphatic heterocycles. The summed E-state index contributed by atoms with van der Waals surface area (Å²) in [6.07, 6.45) is 3.30. The molecule has 0 fully saturated rings. The Morgan fingerprint density at radius 3 is 1.47 bits per heavy atom. The molecule has 0 atom stereocenters. The van der Waals surface area contributed by atoms with Crippen molar-refractivity contribution in [2.75, 3.05) is 21.3 Å². The van der Waals surface area contributed by atoms with Crippen LogP contribution in [-0.2, 0) is 19.0 Å². The minimum atomic E-state index is -2.03. The minimum Gasteiger partial charge on any atom is -0.497 e. The summed E-state index contributed by atoms with van der Waals surface area (Å²) < 4.78 is 23.3. The van der Waals surface area contributed by atoms with Crippen LogP contribution in [0.5, 0.6) is 28.7 Å². The molecule has 0 aliphatic carbocycles. The first-order valence-corrected chi connectivity index (χ1v) is 20.3. The van der Waals surface area contributed by atoms with Crippen molar-refractivity contribution in [3.05, 3.63) is 192 Å². The van der Waals surface area contributed by atoms with Crippen LogP contribution in [0.2, 0.25) is 0 Å². The summed E-state index contributed by atoms with van der Waals surface area (Å²) in [6, 6.07) is 59.1. The SMILES string of the molecule is COc1ccc(-c2ccc(CCc3ccc(OC)c(Oc4ccc(C[P+](c5ccccc5)(c5ccccc5)c5ccccc5)cc4)c3)cc2OC)c(C=O)c1. The largest absolute Gasteiger partial charge is 0.497 e. The monoisotopic (exact) mass is 743 g/mol. The molecule has 0 heterocycles. The van der Waals surface area contributed by atoms with Crippen LogP contribution in [-0.4, -0.2) is 27.6 Å². The quantitative estimate of drug-likeness (QED) is 0.0773. The Kier molecular flexibility index (Phi) is 11.7. The third-order valence-electron chi connectivity index (χ3n) is 10.0. The summed E-state index contributed by atoms with van der Waals surface area (Å²) in [5.74, 6) is 3.43. The zero-order chi connectivity index (χ0) is 38.0. The van der Waals surface area contributed by atoms with Gasteiger partial charge in [-0.15, -0.1) is 0 Å². The molecular formula is C49H44O5P+. The lowest BCUT2D eigenvalue weighted by Gasteiger charge is -2.28. The van der Waals surface area contributed by atoms with E-state index in [0.29, 0.717) is 28.6 Å². The Morgan fingerprint density at radius 1 is 0.455 bits per heavy atom. The van der Waals surface area contributed by atoms with Gasteiger partial charge in [-0.3, -0.25) is 4.79 Å². The fourth-order valence-corrected chi connectivity index (χ4v) is 11.4. The van der Waals surface area contributed by atoms with Crippen molar-refractivity contribution < 1.29 is 23.7 Å². The number of benzene rings is 7. The van der Waals surface area contributed by atoms with Crippen LogP contribution in [0.1, 0.15) is 27.0 Å². The van der Waals surface area contributed by atoms with Crippen molar-refractivity contribution in [1.29, 1.82) is 0 Å². The summed E-state index contributed by atoms with van der Waals surface area (Å²) in [5, 5.41) is 4.06. The van der Waals surface area contributed by atoms with Gasteiger partial charge in [-0.05, 0) is 120 Å². The third-order valence-corrected chi connectivity index (χ3v) is 14.4. The van der Waals surface area contributed by atoms with Gasteiger partial charge in [-0.1, -0.05) is 84.9 Å². The lowest BCUT2D eigenvalue weighted by atomic mass is 9.96. The highest BCUT2D eigenvalue weighted by atomic mass is 31.2. The highest BCUT2D eigenvalue weighted by molar-refractivity contribution is 7.95. The van der Waals surface area contributed by atoms with E-state index in [1.165, 1.54) is 21.5 Å². The van der Waals surface area contributed by atoms with E-state index in [1.807, 2.05) is 30.3 Å². The van der Waals surface area contributed by atoms with Crippen LogP contribution in [0.4, 0.5) is 0 Å². The molecule has 7 aromatic carbocycles. The van der Waals surface area contributed by atoms with Crippen LogP contribution in [0.3, 0.4) is 0 Å². The second kappa shape index (κ2) is 17.3. The summed E-state index contributed by atoms with van der Waals surface area (Å²) >= 11 is 0. The molecule has 0 amide bonds. The summed E-state index contributed by atoms with van der Waals surface area (Å²) in [5.41, 5.74) is 5.69. The Morgan fingerprint density at radius 2 is 0.945 bits per heavy atom. The second-order valence-corrected chi connectivity index (χ2v) is 16.8. The first-order chi connectivity index (χ1) is 27.0. The van der Waals surface area contributed by atoms with Gasteiger partial charge in [0.1, 0.15) is 40.4 Å². The maximum absolute atomic E-state index is 11.9. The van der Waals surface area contributed by atoms with Crippen molar-refractivity contribution in [2.24, 2.45) is 0 Å². The Balaban J connectivity index is 1.10. The maximum atomic E-state index is 11.9. The first kappa shape index (κ1) is 37.2. The van der Waals surface area contributed by atoms with Crippen molar-refractivity contribution in [3.8, 4) is 39.9 Å². The highest BCUT2D eigenvalue weighted by Gasteiger charge is 2.45. The Labute approximate surface area is 324 Å². The maximum Gasteiger partial charge on any atom is 0.169 e. The van der Waals surface area contributed by atoms with Crippen LogP contribution in [0.15, 0.2) is 170 Å². The number of hydrogen-bond acceptors (Lipinski definition) is 5. The fraction of sp³-hybridized carbons (Fsp3) is 0.122. The minimum absolute atomic E-state index is 0.548. The van der Waals surface area contributed by atoms with Crippen molar-refractivity contribution in [3.63, 3.8) is 0 Å². The normalized spacial score (nSPS) is 11.1. The predicted molar refractivity (Wildman–Crippen MR) is 226 cm³/mol. The summed E-state index contributed by atoms with van der Waals surface area (Å²) in [7, 11) is 2.88. The molecule has 6 heteroatoms. The van der Waals surface area contributed by atoms with E-state index in [1.54, 1.807) is 27.4 Å². The molecule has 274 valence electrons. The summed E-state index contributed by atoms with van der Waals surface area (Å²) in [4.78, 5) is 11.9. The number of aryl methyl sites for hydroxylation is 2. The number of carbonyl (C=O) groups is 1. The van der Waals surface area contributed by atoms with E-state index in [2.05, 4.69) is 133 Å². The molecule has 7 rings (SSSR count). The van der Waals surface area contributed by atoms with Gasteiger partial charge >= 0.3 is 0 Å². The topological polar surface area (TPSA) is 54.0 Å². The zero-order valence-corrected chi connectivity index (χ0v) is 32.2. The standard InChI is InChI=1S/C49H44O5P/c1-51-41-27-29-45(39(33-41)34-50)46-28-23-36(31-48(46)53-3)19-20-37-24-30-47(52-2)49(32-37)54-40-25-21-38(22-26-40)35-55(42-13-7-4-8-14-42,43-15-9-5-10-16-43)44-17-11-6-12-18-44/h4-18,21-34H,19-20,35H2,1-3H3/q+1.